The average molecular weight is 576 g/mol. The minimum Gasteiger partial charge on any atom is -0.371 e. The van der Waals surface area contributed by atoms with E-state index in [1.54, 1.807) is 11.8 Å². The molecular weight excluding hydrogens is 547 g/mol. The van der Waals surface area contributed by atoms with Crippen molar-refractivity contribution >= 4 is 5.82 Å². The van der Waals surface area contributed by atoms with Crippen LogP contribution in [0.2, 0.25) is 0 Å². The van der Waals surface area contributed by atoms with Gasteiger partial charge in [-0.25, -0.2) is 4.39 Å². The molecule has 1 aliphatic heterocycles. The first-order valence-electron chi connectivity index (χ1n) is 12.3. The fraction of sp³-hybridized carbons (Fsp3) is 0.462. The third-order valence-electron chi connectivity index (χ3n) is 6.65. The zero-order valence-corrected chi connectivity index (χ0v) is 22.1. The van der Waals surface area contributed by atoms with Crippen molar-refractivity contribution in [3.8, 4) is 0 Å². The predicted octanol–water partition coefficient (Wildman–Crippen LogP) is 5.90. The fourth-order valence-corrected chi connectivity index (χ4v) is 4.81. The van der Waals surface area contributed by atoms with Crippen molar-refractivity contribution in [1.82, 2.24) is 20.3 Å². The van der Waals surface area contributed by atoms with Gasteiger partial charge in [0, 0.05) is 18.7 Å². The van der Waals surface area contributed by atoms with E-state index in [1.807, 2.05) is 19.0 Å². The van der Waals surface area contributed by atoms with E-state index in [1.165, 1.54) is 31.2 Å². The Morgan fingerprint density at radius 2 is 1.65 bits per heavy atom. The highest BCUT2D eigenvalue weighted by Gasteiger charge is 2.51. The lowest BCUT2D eigenvalue weighted by Crippen LogP contribution is -2.61. The summed E-state index contributed by atoms with van der Waals surface area (Å²) in [5.41, 5.74) is -4.04. The molecular formula is C26H28F7N5O2. The first kappa shape index (κ1) is 29.7. The van der Waals surface area contributed by atoms with Crippen molar-refractivity contribution in [2.75, 3.05) is 32.1 Å². The Labute approximate surface area is 225 Å². The molecule has 2 aromatic carbocycles. The number of halogens is 7. The second kappa shape index (κ2) is 11.0. The number of H-pyrrole nitrogens is 1. The minimum atomic E-state index is -5.03. The molecule has 0 aliphatic carbocycles. The fourth-order valence-electron chi connectivity index (χ4n) is 4.81. The van der Waals surface area contributed by atoms with Crippen molar-refractivity contribution in [1.29, 1.82) is 0 Å². The van der Waals surface area contributed by atoms with Crippen LogP contribution in [0.1, 0.15) is 47.9 Å². The maximum atomic E-state index is 14.0. The number of alkyl halides is 6. The summed E-state index contributed by atoms with van der Waals surface area (Å²) >= 11 is 0. The van der Waals surface area contributed by atoms with Crippen LogP contribution in [0.5, 0.6) is 0 Å². The SMILES string of the molecule is CC(O[C@@]1(c2ccc(F)cc2)[C@@H](C)OCCN1c1n[nH]nc1CN(C)C)c1cc(C(F)(F)F)cc(C(F)(F)F)c1. The van der Waals surface area contributed by atoms with Gasteiger partial charge in [-0.15, -0.1) is 5.10 Å². The maximum Gasteiger partial charge on any atom is 0.416 e. The van der Waals surface area contributed by atoms with Gasteiger partial charge in [-0.05, 0) is 63.8 Å². The first-order valence-corrected chi connectivity index (χ1v) is 12.3. The summed E-state index contributed by atoms with van der Waals surface area (Å²) in [4.78, 5) is 3.54. The summed E-state index contributed by atoms with van der Waals surface area (Å²) in [5.74, 6) is -0.203. The minimum absolute atomic E-state index is 0.0630. The number of nitrogens with zero attached hydrogens (tertiary/aromatic N) is 4. The van der Waals surface area contributed by atoms with E-state index in [-0.39, 0.29) is 24.8 Å². The molecule has 1 unspecified atom stereocenters. The lowest BCUT2D eigenvalue weighted by Gasteiger charge is -2.51. The molecule has 0 spiro atoms. The molecule has 1 aliphatic rings. The monoisotopic (exact) mass is 575 g/mol. The van der Waals surface area contributed by atoms with Crippen LogP contribution in [0.25, 0.3) is 0 Å². The van der Waals surface area contributed by atoms with Crippen molar-refractivity contribution in [2.24, 2.45) is 0 Å². The molecule has 0 bridgehead atoms. The second-order valence-corrected chi connectivity index (χ2v) is 9.80. The van der Waals surface area contributed by atoms with E-state index < -0.39 is 47.2 Å². The van der Waals surface area contributed by atoms with Gasteiger partial charge in [0.15, 0.2) is 11.5 Å². The van der Waals surface area contributed by atoms with Crippen molar-refractivity contribution in [3.05, 3.63) is 76.2 Å². The van der Waals surface area contributed by atoms with Gasteiger partial charge in [-0.3, -0.25) is 0 Å². The second-order valence-electron chi connectivity index (χ2n) is 9.80. The van der Waals surface area contributed by atoms with E-state index >= 15 is 0 Å². The number of aromatic amines is 1. The van der Waals surface area contributed by atoms with E-state index in [0.29, 0.717) is 35.8 Å². The Kier molecular flexibility index (Phi) is 8.16. The van der Waals surface area contributed by atoms with Crippen LogP contribution in [0.3, 0.4) is 0 Å². The number of nitrogens with one attached hydrogen (secondary N) is 1. The van der Waals surface area contributed by atoms with Crippen LogP contribution in [0.15, 0.2) is 42.5 Å². The lowest BCUT2D eigenvalue weighted by atomic mass is 9.92. The van der Waals surface area contributed by atoms with Gasteiger partial charge in [0.25, 0.3) is 0 Å². The van der Waals surface area contributed by atoms with E-state index in [9.17, 15) is 30.7 Å². The highest BCUT2D eigenvalue weighted by atomic mass is 19.4. The number of rotatable bonds is 7. The standard InChI is InChI=1S/C26H28F7N5O2/c1-15(17-11-19(25(28,29)30)13-20(12-17)26(31,32)33)40-24(18-5-7-21(27)8-6-18)16(2)39-10-9-38(24)23-22(14-37(3)4)34-36-35-23/h5-8,11-13,15-16H,9-10,14H2,1-4H3,(H,34,35,36)/t15?,16-,24-/m1/s1. The van der Waals surface area contributed by atoms with Crippen LogP contribution in [0.4, 0.5) is 36.6 Å². The summed E-state index contributed by atoms with van der Waals surface area (Å²) in [6.45, 7) is 3.75. The molecule has 1 fully saturated rings. The Hall–Kier alpha value is -3.23. The number of anilines is 1. The summed E-state index contributed by atoms with van der Waals surface area (Å²) in [6.07, 6.45) is -12.2. The van der Waals surface area contributed by atoms with E-state index in [0.717, 1.165) is 0 Å². The molecule has 0 amide bonds. The van der Waals surface area contributed by atoms with Gasteiger partial charge in [0.1, 0.15) is 17.6 Å². The Morgan fingerprint density at radius 3 is 2.20 bits per heavy atom. The zero-order chi connectivity index (χ0) is 29.5. The van der Waals surface area contributed by atoms with Gasteiger partial charge < -0.3 is 19.3 Å². The van der Waals surface area contributed by atoms with Crippen LogP contribution in [-0.2, 0) is 34.1 Å². The molecule has 1 aromatic heterocycles. The number of hydrogen-bond acceptors (Lipinski definition) is 6. The molecule has 7 nitrogen and oxygen atoms in total. The van der Waals surface area contributed by atoms with Crippen LogP contribution >= 0.6 is 0 Å². The molecule has 218 valence electrons. The molecule has 14 heteroatoms. The van der Waals surface area contributed by atoms with Gasteiger partial charge in [0.2, 0.25) is 0 Å². The van der Waals surface area contributed by atoms with E-state index in [4.69, 9.17) is 9.47 Å². The number of benzene rings is 2. The highest BCUT2D eigenvalue weighted by molar-refractivity contribution is 5.49. The number of morpholine rings is 1. The molecule has 0 saturated carbocycles. The van der Waals surface area contributed by atoms with Crippen LogP contribution < -0.4 is 4.90 Å². The summed E-state index contributed by atoms with van der Waals surface area (Å²) in [5, 5.41) is 11.1. The third kappa shape index (κ3) is 5.93. The van der Waals surface area contributed by atoms with Crippen molar-refractivity contribution < 1.29 is 40.2 Å². The topological polar surface area (TPSA) is 66.5 Å². The largest absolute Gasteiger partial charge is 0.416 e. The quantitative estimate of drug-likeness (QED) is 0.354. The highest BCUT2D eigenvalue weighted by Crippen LogP contribution is 2.45. The molecule has 40 heavy (non-hydrogen) atoms. The molecule has 1 saturated heterocycles. The Balaban J connectivity index is 1.89. The van der Waals surface area contributed by atoms with Gasteiger partial charge in [0.05, 0.1) is 23.8 Å². The molecule has 3 atom stereocenters. The summed E-state index contributed by atoms with van der Waals surface area (Å²) < 4.78 is 108. The predicted molar refractivity (Wildman–Crippen MR) is 131 cm³/mol. The molecule has 1 N–H and O–H groups in total. The van der Waals surface area contributed by atoms with E-state index in [2.05, 4.69) is 15.4 Å². The lowest BCUT2D eigenvalue weighted by molar-refractivity contribution is -0.192. The zero-order valence-electron chi connectivity index (χ0n) is 22.1. The van der Waals surface area contributed by atoms with Gasteiger partial charge in [-0.1, -0.05) is 12.1 Å². The van der Waals surface area contributed by atoms with Crippen LogP contribution in [-0.4, -0.2) is 53.7 Å². The Bertz CT molecular complexity index is 1280. The number of hydrogen-bond donors (Lipinski definition) is 1. The smallest absolute Gasteiger partial charge is 0.371 e. The van der Waals surface area contributed by atoms with Crippen LogP contribution in [0, 0.1) is 5.82 Å². The first-order chi connectivity index (χ1) is 18.6. The van der Waals surface area contributed by atoms with Gasteiger partial charge >= 0.3 is 12.4 Å². The number of ether oxygens (including phenoxy) is 2. The molecule has 2 heterocycles. The maximum absolute atomic E-state index is 14.0. The molecule has 4 rings (SSSR count). The normalized spacial score (nSPS) is 21.2. The van der Waals surface area contributed by atoms with Gasteiger partial charge in [-0.2, -0.15) is 36.7 Å². The summed E-state index contributed by atoms with van der Waals surface area (Å²) in [6, 6.07) is 6.54. The molecule has 0 radical (unpaired) electrons. The summed E-state index contributed by atoms with van der Waals surface area (Å²) in [7, 11) is 3.64. The van der Waals surface area contributed by atoms with Crippen molar-refractivity contribution in [3.63, 3.8) is 0 Å². The third-order valence-corrected chi connectivity index (χ3v) is 6.65. The number of aromatic nitrogens is 3. The van der Waals surface area contributed by atoms with Crippen molar-refractivity contribution in [2.45, 2.75) is 50.7 Å². The average Bonchev–Trinajstić information content (AvgIpc) is 3.31. The molecule has 3 aromatic rings. The Morgan fingerprint density at radius 1 is 1.05 bits per heavy atom.